The van der Waals surface area contributed by atoms with Crippen molar-refractivity contribution in [3.05, 3.63) is 0 Å². The summed E-state index contributed by atoms with van der Waals surface area (Å²) in [6.07, 6.45) is 7.13. The minimum absolute atomic E-state index is 0.252. The van der Waals surface area contributed by atoms with E-state index in [1.165, 1.54) is 38.6 Å². The SMILES string of the molecule is CCC(CNC(C)(C)C)N(CC1CC1)C1CC1. The number of rotatable bonds is 7. The lowest BCUT2D eigenvalue weighted by molar-refractivity contribution is 0.161. The molecule has 1 atom stereocenters. The molecule has 0 aliphatic heterocycles. The van der Waals surface area contributed by atoms with Crippen LogP contribution in [0.4, 0.5) is 0 Å². The maximum absolute atomic E-state index is 3.69. The van der Waals surface area contributed by atoms with Gasteiger partial charge in [0.2, 0.25) is 0 Å². The molecule has 0 aromatic rings. The second-order valence-electron chi connectivity index (χ2n) is 7.06. The van der Waals surface area contributed by atoms with Crippen LogP contribution in [0.2, 0.25) is 0 Å². The van der Waals surface area contributed by atoms with E-state index in [1.807, 2.05) is 0 Å². The summed E-state index contributed by atoms with van der Waals surface area (Å²) >= 11 is 0. The van der Waals surface area contributed by atoms with Gasteiger partial charge in [0, 0.05) is 30.7 Å². The van der Waals surface area contributed by atoms with Gasteiger partial charge in [0.05, 0.1) is 0 Å². The van der Waals surface area contributed by atoms with Crippen LogP contribution in [0.3, 0.4) is 0 Å². The molecule has 0 radical (unpaired) electrons. The molecule has 1 N–H and O–H groups in total. The molecular formula is C15H30N2. The molecule has 100 valence electrons. The highest BCUT2D eigenvalue weighted by atomic mass is 15.2. The second-order valence-corrected chi connectivity index (χ2v) is 7.06. The zero-order valence-corrected chi connectivity index (χ0v) is 12.1. The molecule has 0 heterocycles. The Labute approximate surface area is 107 Å². The van der Waals surface area contributed by atoms with Crippen LogP contribution < -0.4 is 5.32 Å². The Hall–Kier alpha value is -0.0800. The van der Waals surface area contributed by atoms with Crippen LogP contribution in [0, 0.1) is 5.92 Å². The van der Waals surface area contributed by atoms with Crippen molar-refractivity contribution in [2.45, 2.75) is 77.4 Å². The molecule has 2 aliphatic rings. The first kappa shape index (κ1) is 13.4. The van der Waals surface area contributed by atoms with Crippen LogP contribution in [0.25, 0.3) is 0 Å². The highest BCUT2D eigenvalue weighted by Gasteiger charge is 2.36. The fraction of sp³-hybridized carbons (Fsp3) is 1.00. The molecular weight excluding hydrogens is 208 g/mol. The van der Waals surface area contributed by atoms with Crippen molar-refractivity contribution in [1.82, 2.24) is 10.2 Å². The first-order valence-electron chi connectivity index (χ1n) is 7.50. The van der Waals surface area contributed by atoms with E-state index >= 15 is 0 Å². The Kier molecular flexibility index (Phi) is 4.14. The quantitative estimate of drug-likeness (QED) is 0.733. The summed E-state index contributed by atoms with van der Waals surface area (Å²) in [6.45, 7) is 11.7. The van der Waals surface area contributed by atoms with Gasteiger partial charge in [-0.1, -0.05) is 6.92 Å². The van der Waals surface area contributed by atoms with Crippen LogP contribution in [0.15, 0.2) is 0 Å². The van der Waals surface area contributed by atoms with Gasteiger partial charge in [-0.05, 0) is 58.8 Å². The van der Waals surface area contributed by atoms with Crippen LogP contribution in [0.1, 0.15) is 59.8 Å². The number of nitrogens with one attached hydrogen (secondary N) is 1. The average Bonchev–Trinajstić information content (AvgIpc) is 3.10. The van der Waals surface area contributed by atoms with Crippen LogP contribution in [-0.2, 0) is 0 Å². The molecule has 17 heavy (non-hydrogen) atoms. The van der Waals surface area contributed by atoms with Crippen molar-refractivity contribution in [2.24, 2.45) is 5.92 Å². The van der Waals surface area contributed by atoms with Gasteiger partial charge in [0.25, 0.3) is 0 Å². The summed E-state index contributed by atoms with van der Waals surface area (Å²) in [7, 11) is 0. The van der Waals surface area contributed by atoms with Crippen LogP contribution in [-0.4, -0.2) is 35.6 Å². The Morgan fingerprint density at radius 2 is 1.82 bits per heavy atom. The van der Waals surface area contributed by atoms with Gasteiger partial charge in [-0.3, -0.25) is 4.90 Å². The van der Waals surface area contributed by atoms with E-state index in [4.69, 9.17) is 0 Å². The van der Waals surface area contributed by atoms with Gasteiger partial charge in [0.15, 0.2) is 0 Å². The van der Waals surface area contributed by atoms with E-state index in [-0.39, 0.29) is 5.54 Å². The summed E-state index contributed by atoms with van der Waals surface area (Å²) in [5.74, 6) is 1.03. The molecule has 0 aromatic carbocycles. The lowest BCUT2D eigenvalue weighted by Gasteiger charge is -2.34. The van der Waals surface area contributed by atoms with Crippen LogP contribution >= 0.6 is 0 Å². The summed E-state index contributed by atoms with van der Waals surface area (Å²) in [6, 6.07) is 1.67. The van der Waals surface area contributed by atoms with E-state index in [0.717, 1.165) is 24.5 Å². The van der Waals surface area contributed by atoms with E-state index in [9.17, 15) is 0 Å². The molecule has 0 spiro atoms. The van der Waals surface area contributed by atoms with E-state index in [1.54, 1.807) is 0 Å². The van der Waals surface area contributed by atoms with Crippen molar-refractivity contribution in [1.29, 1.82) is 0 Å². The largest absolute Gasteiger partial charge is 0.311 e. The highest BCUT2D eigenvalue weighted by molar-refractivity contribution is 4.92. The predicted octanol–water partition coefficient (Wildman–Crippen LogP) is 3.03. The third kappa shape index (κ3) is 4.59. The lowest BCUT2D eigenvalue weighted by atomic mass is 10.1. The maximum Gasteiger partial charge on any atom is 0.0221 e. The molecule has 2 aliphatic carbocycles. The second kappa shape index (κ2) is 5.27. The molecule has 0 aromatic heterocycles. The number of nitrogens with zero attached hydrogens (tertiary/aromatic N) is 1. The Morgan fingerprint density at radius 3 is 2.24 bits per heavy atom. The number of hydrogen-bond donors (Lipinski definition) is 1. The van der Waals surface area contributed by atoms with Crippen molar-refractivity contribution < 1.29 is 0 Å². The average molecular weight is 238 g/mol. The Morgan fingerprint density at radius 1 is 1.18 bits per heavy atom. The minimum Gasteiger partial charge on any atom is -0.311 e. The molecule has 2 heteroatoms. The zero-order valence-electron chi connectivity index (χ0n) is 12.1. The maximum atomic E-state index is 3.69. The molecule has 0 bridgehead atoms. The highest BCUT2D eigenvalue weighted by Crippen LogP contribution is 2.36. The standard InChI is InChI=1S/C15H30N2/c1-5-13(10-16-15(2,3)4)17(14-8-9-14)11-12-6-7-12/h12-14,16H,5-11H2,1-4H3. The minimum atomic E-state index is 0.252. The molecule has 0 saturated heterocycles. The van der Waals surface area contributed by atoms with Crippen molar-refractivity contribution >= 4 is 0 Å². The third-order valence-corrected chi connectivity index (χ3v) is 3.99. The van der Waals surface area contributed by atoms with E-state index in [0.29, 0.717) is 0 Å². The van der Waals surface area contributed by atoms with Crippen molar-refractivity contribution in [3.8, 4) is 0 Å². The Balaban J connectivity index is 1.84. The summed E-state index contributed by atoms with van der Waals surface area (Å²) in [5.41, 5.74) is 0.252. The van der Waals surface area contributed by atoms with Gasteiger partial charge < -0.3 is 5.32 Å². The smallest absolute Gasteiger partial charge is 0.0221 e. The molecule has 2 rings (SSSR count). The normalized spacial score (nSPS) is 23.1. The fourth-order valence-electron chi connectivity index (χ4n) is 2.52. The van der Waals surface area contributed by atoms with E-state index < -0.39 is 0 Å². The third-order valence-electron chi connectivity index (χ3n) is 3.99. The van der Waals surface area contributed by atoms with Crippen molar-refractivity contribution in [3.63, 3.8) is 0 Å². The fourth-order valence-corrected chi connectivity index (χ4v) is 2.52. The van der Waals surface area contributed by atoms with Gasteiger partial charge >= 0.3 is 0 Å². The van der Waals surface area contributed by atoms with Gasteiger partial charge in [-0.25, -0.2) is 0 Å². The van der Waals surface area contributed by atoms with Crippen LogP contribution in [0.5, 0.6) is 0 Å². The zero-order chi connectivity index (χ0) is 12.5. The summed E-state index contributed by atoms with van der Waals surface area (Å²) < 4.78 is 0. The first-order valence-corrected chi connectivity index (χ1v) is 7.50. The van der Waals surface area contributed by atoms with Gasteiger partial charge in [0.1, 0.15) is 0 Å². The topological polar surface area (TPSA) is 15.3 Å². The number of hydrogen-bond acceptors (Lipinski definition) is 2. The first-order chi connectivity index (χ1) is 7.99. The molecule has 2 saturated carbocycles. The summed E-state index contributed by atoms with van der Waals surface area (Å²) in [5, 5.41) is 3.69. The van der Waals surface area contributed by atoms with Crippen molar-refractivity contribution in [2.75, 3.05) is 13.1 Å². The molecule has 0 amide bonds. The van der Waals surface area contributed by atoms with E-state index in [2.05, 4.69) is 37.9 Å². The summed E-state index contributed by atoms with van der Waals surface area (Å²) in [4.78, 5) is 2.82. The lowest BCUT2D eigenvalue weighted by Crippen LogP contribution is -2.48. The Bertz CT molecular complexity index is 236. The molecule has 2 fully saturated rings. The molecule has 1 unspecified atom stereocenters. The monoisotopic (exact) mass is 238 g/mol. The van der Waals surface area contributed by atoms with Gasteiger partial charge in [-0.2, -0.15) is 0 Å². The predicted molar refractivity (Wildman–Crippen MR) is 74.3 cm³/mol. The molecule has 2 nitrogen and oxygen atoms in total. The van der Waals surface area contributed by atoms with Gasteiger partial charge in [-0.15, -0.1) is 0 Å².